The first-order chi connectivity index (χ1) is 12.3. The number of nitrogens with zero attached hydrogens (tertiary/aromatic N) is 6. The molecule has 0 bridgehead atoms. The van der Waals surface area contributed by atoms with Crippen LogP contribution in [0.25, 0.3) is 0 Å². The van der Waals surface area contributed by atoms with Crippen LogP contribution in [0.5, 0.6) is 0 Å². The second-order valence-electron chi connectivity index (χ2n) is 6.84. The molecule has 1 aliphatic heterocycles. The zero-order valence-electron chi connectivity index (χ0n) is 14.6. The quantitative estimate of drug-likeness (QED) is 0.719. The maximum Gasteiger partial charge on any atom is 0.128 e. The van der Waals surface area contributed by atoms with Gasteiger partial charge in [0.25, 0.3) is 0 Å². The van der Waals surface area contributed by atoms with E-state index in [1.54, 1.807) is 6.20 Å². The molecule has 4 rings (SSSR count). The van der Waals surface area contributed by atoms with E-state index in [-0.39, 0.29) is 0 Å². The topological polar surface area (TPSA) is 51.8 Å². The summed E-state index contributed by atoms with van der Waals surface area (Å²) in [6.45, 7) is 6.08. The number of hydrogen-bond donors (Lipinski definition) is 0. The lowest BCUT2D eigenvalue weighted by Gasteiger charge is -2.34. The van der Waals surface area contributed by atoms with Crippen LogP contribution in [0.15, 0.2) is 49.4 Å². The van der Waals surface area contributed by atoms with Crippen LogP contribution in [-0.2, 0) is 13.1 Å². The Kier molecular flexibility index (Phi) is 4.50. The van der Waals surface area contributed by atoms with Crippen LogP contribution in [0.2, 0.25) is 0 Å². The van der Waals surface area contributed by atoms with Gasteiger partial charge in [-0.05, 0) is 37.3 Å². The first kappa shape index (κ1) is 15.9. The summed E-state index contributed by atoms with van der Waals surface area (Å²) >= 11 is 0. The highest BCUT2D eigenvalue weighted by molar-refractivity contribution is 5.40. The molecule has 3 aromatic rings. The SMILES string of the molecule is Cc1nccn1C[C@@H]1CCCN(c2ccc(Cn3ccnc3)cn2)C1. The molecule has 4 heterocycles. The second-order valence-corrected chi connectivity index (χ2v) is 6.84. The molecule has 130 valence electrons. The van der Waals surface area contributed by atoms with Crippen molar-refractivity contribution in [3.63, 3.8) is 0 Å². The number of anilines is 1. The highest BCUT2D eigenvalue weighted by atomic mass is 15.2. The Bertz CT molecular complexity index is 790. The van der Waals surface area contributed by atoms with Gasteiger partial charge in [0.1, 0.15) is 11.6 Å². The van der Waals surface area contributed by atoms with E-state index in [9.17, 15) is 0 Å². The Morgan fingerprint density at radius 1 is 1.16 bits per heavy atom. The average Bonchev–Trinajstić information content (AvgIpc) is 3.28. The zero-order valence-corrected chi connectivity index (χ0v) is 14.6. The van der Waals surface area contributed by atoms with Gasteiger partial charge in [0.15, 0.2) is 0 Å². The van der Waals surface area contributed by atoms with Crippen LogP contribution in [0.4, 0.5) is 5.82 Å². The van der Waals surface area contributed by atoms with Crippen LogP contribution in [-0.4, -0.2) is 37.2 Å². The van der Waals surface area contributed by atoms with Crippen molar-refractivity contribution < 1.29 is 0 Å². The van der Waals surface area contributed by atoms with Crippen molar-refractivity contribution in [2.24, 2.45) is 5.92 Å². The first-order valence-corrected chi connectivity index (χ1v) is 8.91. The van der Waals surface area contributed by atoms with E-state index in [0.717, 1.165) is 37.8 Å². The molecular weight excluding hydrogens is 312 g/mol. The molecule has 0 aromatic carbocycles. The number of aryl methyl sites for hydroxylation is 1. The van der Waals surface area contributed by atoms with Crippen LogP contribution < -0.4 is 4.90 Å². The summed E-state index contributed by atoms with van der Waals surface area (Å²) in [5.41, 5.74) is 1.20. The molecule has 0 unspecified atom stereocenters. The highest BCUT2D eigenvalue weighted by Gasteiger charge is 2.21. The normalized spacial score (nSPS) is 17.8. The summed E-state index contributed by atoms with van der Waals surface area (Å²) in [5, 5.41) is 0. The number of rotatable bonds is 5. The van der Waals surface area contributed by atoms with E-state index in [2.05, 4.69) is 49.3 Å². The van der Waals surface area contributed by atoms with Gasteiger partial charge in [-0.1, -0.05) is 6.07 Å². The lowest BCUT2D eigenvalue weighted by molar-refractivity contribution is 0.362. The average molecular weight is 336 g/mol. The van der Waals surface area contributed by atoms with E-state index >= 15 is 0 Å². The Morgan fingerprint density at radius 3 is 2.84 bits per heavy atom. The van der Waals surface area contributed by atoms with Crippen molar-refractivity contribution in [2.45, 2.75) is 32.9 Å². The first-order valence-electron chi connectivity index (χ1n) is 8.91. The summed E-state index contributed by atoms with van der Waals surface area (Å²) in [6, 6.07) is 4.32. The molecule has 1 fully saturated rings. The number of imidazole rings is 2. The molecule has 0 amide bonds. The zero-order chi connectivity index (χ0) is 17.1. The van der Waals surface area contributed by atoms with Crippen LogP contribution in [0.3, 0.4) is 0 Å². The Labute approximate surface area is 148 Å². The number of aromatic nitrogens is 5. The second kappa shape index (κ2) is 7.09. The minimum atomic E-state index is 0.647. The molecule has 0 radical (unpaired) electrons. The standard InChI is InChI=1S/C19H24N6/c1-16-21-7-10-24(16)13-18-3-2-8-25(14-18)19-5-4-17(11-22-19)12-23-9-6-20-15-23/h4-7,9-11,15,18H,2-3,8,12-14H2,1H3/t18-/m0/s1. The van der Waals surface area contributed by atoms with Gasteiger partial charge < -0.3 is 14.0 Å². The van der Waals surface area contributed by atoms with E-state index in [1.807, 2.05) is 24.9 Å². The lowest BCUT2D eigenvalue weighted by Crippen LogP contribution is -2.37. The van der Waals surface area contributed by atoms with Gasteiger partial charge in [-0.2, -0.15) is 0 Å². The van der Waals surface area contributed by atoms with Gasteiger partial charge in [-0.3, -0.25) is 0 Å². The predicted octanol–water partition coefficient (Wildman–Crippen LogP) is 2.75. The van der Waals surface area contributed by atoms with Gasteiger partial charge in [0.2, 0.25) is 0 Å². The maximum atomic E-state index is 4.70. The van der Waals surface area contributed by atoms with Crippen LogP contribution in [0, 0.1) is 12.8 Å². The highest BCUT2D eigenvalue weighted by Crippen LogP contribution is 2.23. The molecule has 0 saturated carbocycles. The molecule has 0 spiro atoms. The van der Waals surface area contributed by atoms with Gasteiger partial charge in [0, 0.05) is 57.2 Å². The summed E-state index contributed by atoms with van der Waals surface area (Å²) in [5.74, 6) is 2.83. The Hall–Kier alpha value is -2.63. The maximum absolute atomic E-state index is 4.70. The third-order valence-electron chi connectivity index (χ3n) is 4.95. The fraction of sp³-hybridized carbons (Fsp3) is 0.421. The van der Waals surface area contributed by atoms with Crippen molar-refractivity contribution in [3.05, 3.63) is 60.8 Å². The van der Waals surface area contributed by atoms with Crippen molar-refractivity contribution in [3.8, 4) is 0 Å². The summed E-state index contributed by atoms with van der Waals surface area (Å²) in [6.07, 6.45) is 14.1. The van der Waals surface area contributed by atoms with E-state index in [1.165, 1.54) is 18.4 Å². The monoisotopic (exact) mass is 336 g/mol. The smallest absolute Gasteiger partial charge is 0.128 e. The molecule has 3 aromatic heterocycles. The van der Waals surface area contributed by atoms with Gasteiger partial charge in [-0.15, -0.1) is 0 Å². The predicted molar refractivity (Wildman–Crippen MR) is 97.5 cm³/mol. The van der Waals surface area contributed by atoms with Crippen molar-refractivity contribution in [1.29, 1.82) is 0 Å². The molecule has 25 heavy (non-hydrogen) atoms. The number of hydrogen-bond acceptors (Lipinski definition) is 4. The Morgan fingerprint density at radius 2 is 2.12 bits per heavy atom. The molecule has 6 nitrogen and oxygen atoms in total. The lowest BCUT2D eigenvalue weighted by atomic mass is 9.98. The van der Waals surface area contributed by atoms with Crippen LogP contribution >= 0.6 is 0 Å². The van der Waals surface area contributed by atoms with Crippen molar-refractivity contribution in [2.75, 3.05) is 18.0 Å². The molecule has 0 N–H and O–H groups in total. The Balaban J connectivity index is 1.40. The van der Waals surface area contributed by atoms with E-state index < -0.39 is 0 Å². The molecule has 0 aliphatic carbocycles. The van der Waals surface area contributed by atoms with Crippen LogP contribution in [0.1, 0.15) is 24.2 Å². The molecule has 1 atom stereocenters. The molecule has 1 saturated heterocycles. The molecule has 1 aliphatic rings. The van der Waals surface area contributed by atoms with E-state index in [0.29, 0.717) is 5.92 Å². The van der Waals surface area contributed by atoms with Gasteiger partial charge in [0.05, 0.1) is 6.33 Å². The fourth-order valence-electron chi connectivity index (χ4n) is 3.59. The van der Waals surface area contributed by atoms with Crippen molar-refractivity contribution >= 4 is 5.82 Å². The third-order valence-corrected chi connectivity index (χ3v) is 4.95. The minimum Gasteiger partial charge on any atom is -0.356 e. The summed E-state index contributed by atoms with van der Waals surface area (Å²) in [4.78, 5) is 15.5. The van der Waals surface area contributed by atoms with E-state index in [4.69, 9.17) is 4.98 Å². The minimum absolute atomic E-state index is 0.647. The number of pyridine rings is 1. The molecule has 6 heteroatoms. The summed E-state index contributed by atoms with van der Waals surface area (Å²) < 4.78 is 4.32. The number of piperidine rings is 1. The van der Waals surface area contributed by atoms with Gasteiger partial charge in [-0.25, -0.2) is 15.0 Å². The largest absolute Gasteiger partial charge is 0.356 e. The summed E-state index contributed by atoms with van der Waals surface area (Å²) in [7, 11) is 0. The van der Waals surface area contributed by atoms with Crippen molar-refractivity contribution in [1.82, 2.24) is 24.1 Å². The van der Waals surface area contributed by atoms with Gasteiger partial charge >= 0.3 is 0 Å². The molecular formula is C19H24N6. The third kappa shape index (κ3) is 3.73. The fourth-order valence-corrected chi connectivity index (χ4v) is 3.59.